The average Bonchev–Trinajstić information content (AvgIpc) is 2.54. The highest BCUT2D eigenvalue weighted by molar-refractivity contribution is 7.85. The zero-order valence-electron chi connectivity index (χ0n) is 12.4. The minimum absolute atomic E-state index is 0.0842. The second-order valence-corrected chi connectivity index (χ2v) is 7.41. The van der Waals surface area contributed by atoms with Crippen molar-refractivity contribution in [1.82, 2.24) is 0 Å². The van der Waals surface area contributed by atoms with Crippen LogP contribution >= 0.6 is 0 Å². The molecule has 118 valence electrons. The van der Waals surface area contributed by atoms with E-state index in [9.17, 15) is 14.3 Å². The minimum atomic E-state index is -0.828. The Balaban J connectivity index is 2.15. The van der Waals surface area contributed by atoms with Gasteiger partial charge in [-0.05, 0) is 31.4 Å². The molecular formula is C15H19N3O3S. The molecule has 0 aromatic heterocycles. The summed E-state index contributed by atoms with van der Waals surface area (Å²) in [6.07, 6.45) is 3.60. The first-order chi connectivity index (χ1) is 10.5. The van der Waals surface area contributed by atoms with Gasteiger partial charge in [0.05, 0.1) is 16.6 Å². The predicted molar refractivity (Wildman–Crippen MR) is 86.2 cm³/mol. The third-order valence-electron chi connectivity index (χ3n) is 3.97. The summed E-state index contributed by atoms with van der Waals surface area (Å²) in [5.74, 6) is 0.647. The van der Waals surface area contributed by atoms with Gasteiger partial charge in [-0.25, -0.2) is 0 Å². The topological polar surface area (TPSA) is 96.0 Å². The molecule has 2 rings (SSSR count). The quantitative estimate of drug-likeness (QED) is 0.664. The van der Waals surface area contributed by atoms with Crippen LogP contribution in [0.3, 0.4) is 0 Å². The molecule has 3 atom stereocenters. The summed E-state index contributed by atoms with van der Waals surface area (Å²) >= 11 is 0. The van der Waals surface area contributed by atoms with Gasteiger partial charge in [-0.1, -0.05) is 13.3 Å². The maximum absolute atomic E-state index is 12.0. The maximum Gasteiger partial charge on any atom is 0.293 e. The number of nitriles is 1. The lowest BCUT2D eigenvalue weighted by Crippen LogP contribution is -2.33. The predicted octanol–water partition coefficient (Wildman–Crippen LogP) is 2.96. The Hall–Kier alpha value is -1.94. The molecule has 1 saturated carbocycles. The highest BCUT2D eigenvalue weighted by Crippen LogP contribution is 2.30. The van der Waals surface area contributed by atoms with Crippen LogP contribution in [0.4, 0.5) is 11.4 Å². The zero-order valence-corrected chi connectivity index (χ0v) is 13.3. The molecule has 22 heavy (non-hydrogen) atoms. The van der Waals surface area contributed by atoms with E-state index < -0.39 is 15.7 Å². The van der Waals surface area contributed by atoms with Crippen molar-refractivity contribution in [3.8, 4) is 6.07 Å². The lowest BCUT2D eigenvalue weighted by molar-refractivity contribution is -0.384. The highest BCUT2D eigenvalue weighted by atomic mass is 32.2. The molecule has 6 nitrogen and oxygen atoms in total. The molecule has 0 aliphatic heterocycles. The first-order valence-electron chi connectivity index (χ1n) is 7.37. The fraction of sp³-hybridized carbons (Fsp3) is 0.533. The van der Waals surface area contributed by atoms with Crippen molar-refractivity contribution in [3.05, 3.63) is 33.9 Å². The van der Waals surface area contributed by atoms with Crippen molar-refractivity contribution < 1.29 is 9.13 Å². The molecule has 1 fully saturated rings. The number of nitrogens with one attached hydrogen (secondary N) is 1. The van der Waals surface area contributed by atoms with Crippen LogP contribution in [0.15, 0.2) is 18.2 Å². The summed E-state index contributed by atoms with van der Waals surface area (Å²) in [6.45, 7) is 1.92. The Kier molecular flexibility index (Phi) is 5.50. The monoisotopic (exact) mass is 321 g/mol. The fourth-order valence-electron chi connectivity index (χ4n) is 2.84. The van der Waals surface area contributed by atoms with E-state index in [1.807, 2.05) is 13.0 Å². The molecule has 0 radical (unpaired) electrons. The number of rotatable bonds is 5. The lowest BCUT2D eigenvalue weighted by Gasteiger charge is -2.29. The Bertz CT molecular complexity index is 627. The number of anilines is 1. The molecule has 1 N–H and O–H groups in total. The smallest absolute Gasteiger partial charge is 0.293 e. The molecule has 0 saturated heterocycles. The summed E-state index contributed by atoms with van der Waals surface area (Å²) < 4.78 is 12.0. The van der Waals surface area contributed by atoms with Gasteiger partial charge in [-0.3, -0.25) is 14.3 Å². The third-order valence-corrected chi connectivity index (χ3v) is 5.71. The van der Waals surface area contributed by atoms with E-state index in [2.05, 4.69) is 5.32 Å². The van der Waals surface area contributed by atoms with E-state index in [1.165, 1.54) is 6.07 Å². The number of nitro benzene ring substituents is 1. The molecule has 1 aliphatic carbocycles. The van der Waals surface area contributed by atoms with Gasteiger partial charge in [0.15, 0.2) is 0 Å². The largest absolute Gasteiger partial charge is 0.377 e. The number of nitro groups is 1. The van der Waals surface area contributed by atoms with Gasteiger partial charge in [0.1, 0.15) is 5.69 Å². The maximum atomic E-state index is 12.0. The van der Waals surface area contributed by atoms with Gasteiger partial charge >= 0.3 is 0 Å². The van der Waals surface area contributed by atoms with Crippen molar-refractivity contribution in [2.75, 3.05) is 11.1 Å². The lowest BCUT2D eigenvalue weighted by atomic mass is 9.94. The van der Waals surface area contributed by atoms with Crippen molar-refractivity contribution in [3.63, 3.8) is 0 Å². The Morgan fingerprint density at radius 3 is 2.91 bits per heavy atom. The molecule has 1 aliphatic rings. The Morgan fingerprint density at radius 2 is 2.27 bits per heavy atom. The molecule has 0 spiro atoms. The normalized spacial score (nSPS) is 22.5. The summed E-state index contributed by atoms with van der Waals surface area (Å²) in [5, 5.41) is 23.4. The van der Waals surface area contributed by atoms with E-state index in [-0.39, 0.29) is 22.5 Å². The standard InChI is InChI=1S/C15H19N3O3S/c1-2-22(21)13-5-3-4-12(9-13)17-14-7-6-11(10-16)8-15(14)18(19)20/h6-8,12-13,17H,2-5,9H2,1H3/t12-,13+,22+/m1/s1. The average molecular weight is 321 g/mol. The first kappa shape index (κ1) is 16.4. The first-order valence-corrected chi connectivity index (χ1v) is 8.75. The molecule has 0 amide bonds. The van der Waals surface area contributed by atoms with Gasteiger partial charge < -0.3 is 5.32 Å². The molecule has 0 heterocycles. The van der Waals surface area contributed by atoms with E-state index >= 15 is 0 Å². The SMILES string of the molecule is CC[S@](=O)[C@H]1CCC[C@@H](Nc2ccc(C#N)cc2[N+](=O)[O-])C1. The molecule has 1 aromatic carbocycles. The van der Waals surface area contributed by atoms with Gasteiger partial charge in [-0.2, -0.15) is 5.26 Å². The van der Waals surface area contributed by atoms with E-state index in [0.29, 0.717) is 11.4 Å². The summed E-state index contributed by atoms with van der Waals surface area (Å²) in [5.41, 5.74) is 0.612. The fourth-order valence-corrected chi connectivity index (χ4v) is 4.19. The summed E-state index contributed by atoms with van der Waals surface area (Å²) in [4.78, 5) is 10.7. The number of hydrogen-bond donors (Lipinski definition) is 1. The zero-order chi connectivity index (χ0) is 16.1. The minimum Gasteiger partial charge on any atom is -0.377 e. The van der Waals surface area contributed by atoms with Gasteiger partial charge in [0, 0.05) is 33.9 Å². The van der Waals surface area contributed by atoms with Crippen LogP contribution in [0.1, 0.15) is 38.2 Å². The Labute approximate surface area is 132 Å². The number of benzene rings is 1. The van der Waals surface area contributed by atoms with Gasteiger partial charge in [0.2, 0.25) is 0 Å². The second-order valence-electron chi connectivity index (χ2n) is 5.40. The molecule has 1 aromatic rings. The number of nitrogens with zero attached hydrogens (tertiary/aromatic N) is 2. The van der Waals surface area contributed by atoms with Crippen molar-refractivity contribution in [2.45, 2.75) is 43.9 Å². The van der Waals surface area contributed by atoms with E-state index in [4.69, 9.17) is 5.26 Å². The van der Waals surface area contributed by atoms with Crippen LogP contribution in [0.25, 0.3) is 0 Å². The van der Waals surface area contributed by atoms with Crippen LogP contribution in [-0.2, 0) is 10.8 Å². The molecular weight excluding hydrogens is 302 g/mol. The summed E-state index contributed by atoms with van der Waals surface area (Å²) in [6, 6.07) is 6.43. The van der Waals surface area contributed by atoms with Crippen molar-refractivity contribution >= 4 is 22.2 Å². The number of hydrogen-bond acceptors (Lipinski definition) is 5. The van der Waals surface area contributed by atoms with Crippen molar-refractivity contribution in [1.29, 1.82) is 5.26 Å². The van der Waals surface area contributed by atoms with Gasteiger partial charge in [0.25, 0.3) is 5.69 Å². The molecule has 0 unspecified atom stereocenters. The molecule has 0 bridgehead atoms. The van der Waals surface area contributed by atoms with E-state index in [0.717, 1.165) is 25.7 Å². The highest BCUT2D eigenvalue weighted by Gasteiger charge is 2.27. The van der Waals surface area contributed by atoms with Crippen LogP contribution in [0, 0.1) is 21.4 Å². The van der Waals surface area contributed by atoms with Crippen LogP contribution < -0.4 is 5.32 Å². The molecule has 7 heteroatoms. The van der Waals surface area contributed by atoms with Crippen LogP contribution in [-0.4, -0.2) is 26.2 Å². The second kappa shape index (κ2) is 7.36. The summed E-state index contributed by atoms with van der Waals surface area (Å²) in [7, 11) is -0.828. The van der Waals surface area contributed by atoms with Gasteiger partial charge in [-0.15, -0.1) is 0 Å². The van der Waals surface area contributed by atoms with Crippen molar-refractivity contribution in [2.24, 2.45) is 0 Å². The van der Waals surface area contributed by atoms with Crippen LogP contribution in [0.5, 0.6) is 0 Å². The van der Waals surface area contributed by atoms with Crippen LogP contribution in [0.2, 0.25) is 0 Å². The third kappa shape index (κ3) is 3.83. The Morgan fingerprint density at radius 1 is 1.50 bits per heavy atom. The van der Waals surface area contributed by atoms with E-state index in [1.54, 1.807) is 12.1 Å².